The van der Waals surface area contributed by atoms with Crippen LogP contribution in [0, 0.1) is 22.0 Å². The van der Waals surface area contributed by atoms with Crippen LogP contribution >= 0.6 is 0 Å². The van der Waals surface area contributed by atoms with Gasteiger partial charge in [0.25, 0.3) is 5.69 Å². The van der Waals surface area contributed by atoms with Crippen LogP contribution in [0.15, 0.2) is 78.9 Å². The highest BCUT2D eigenvalue weighted by atomic mass is 16.6. The highest BCUT2D eigenvalue weighted by molar-refractivity contribution is 6.03. The molecule has 0 radical (unpaired) electrons. The minimum atomic E-state index is -1.47. The predicted octanol–water partition coefficient (Wildman–Crippen LogP) is 0.216. The number of hydrogen-bond donors (Lipinski definition) is 16. The number of carbonyl (C=O) groups excluding carboxylic acids is 9. The van der Waals surface area contributed by atoms with Crippen molar-refractivity contribution in [1.29, 1.82) is 0 Å². The van der Waals surface area contributed by atoms with Gasteiger partial charge >= 0.3 is 41.8 Å². The Morgan fingerprint density at radius 3 is 1.41 bits per heavy atom. The number of urea groups is 1. The number of unbranched alkanes of at least 4 members (excludes halogenated alkanes) is 2. The van der Waals surface area contributed by atoms with Crippen molar-refractivity contribution in [2.75, 3.05) is 118 Å². The van der Waals surface area contributed by atoms with E-state index in [-0.39, 0.29) is 186 Å². The Morgan fingerprint density at radius 2 is 0.895 bits per heavy atom. The number of carbonyl (C=O) groups is 15. The first-order chi connectivity index (χ1) is 54.5. The smallest absolute Gasteiger partial charge is 0.326 e. The minimum absolute atomic E-state index is 0.00381. The molecule has 1 aliphatic heterocycles. The van der Waals surface area contributed by atoms with Gasteiger partial charge in [-0.15, -0.1) is 0 Å². The summed E-state index contributed by atoms with van der Waals surface area (Å²) in [4.78, 5) is 208. The fourth-order valence-electron chi connectivity index (χ4n) is 13.4. The zero-order valence-electron chi connectivity index (χ0n) is 63.6. The molecule has 1 saturated carbocycles. The summed E-state index contributed by atoms with van der Waals surface area (Å²) in [7, 11) is 0. The molecule has 1 saturated heterocycles. The number of aryl methyl sites for hydroxylation is 1. The lowest BCUT2D eigenvalue weighted by molar-refractivity contribution is -0.384. The van der Waals surface area contributed by atoms with Gasteiger partial charge in [0.1, 0.15) is 24.2 Å². The molecule has 16 N–H and O–H groups in total. The molecule has 2 fully saturated rings. The number of rotatable bonds is 46. The van der Waals surface area contributed by atoms with E-state index in [1.807, 2.05) is 54.6 Å². The van der Waals surface area contributed by atoms with Crippen molar-refractivity contribution in [3.8, 4) is 0 Å². The number of nitrogens with one attached hydrogen (secondary N) is 10. The lowest BCUT2D eigenvalue weighted by Crippen LogP contribution is -2.51. The van der Waals surface area contributed by atoms with E-state index in [2.05, 4.69) is 53.2 Å². The lowest BCUT2D eigenvalue weighted by Gasteiger charge is -2.32. The van der Waals surface area contributed by atoms with Crippen LogP contribution in [0.2, 0.25) is 0 Å². The Bertz CT molecular complexity index is 3910. The van der Waals surface area contributed by atoms with Crippen molar-refractivity contribution in [1.82, 2.24) is 72.8 Å². The van der Waals surface area contributed by atoms with Gasteiger partial charge in [0.2, 0.25) is 47.3 Å². The van der Waals surface area contributed by atoms with Crippen LogP contribution in [0.3, 0.4) is 0 Å². The van der Waals surface area contributed by atoms with E-state index in [9.17, 15) is 108 Å². The lowest BCUT2D eigenvalue weighted by atomic mass is 9.81. The van der Waals surface area contributed by atoms with Crippen LogP contribution in [0.5, 0.6) is 0 Å². The Morgan fingerprint density at radius 1 is 0.430 bits per heavy atom. The number of nitrogens with zero attached hydrogens (tertiary/aromatic N) is 5. The molecule has 114 heavy (non-hydrogen) atoms. The third kappa shape index (κ3) is 34.2. The molecule has 38 heteroatoms. The van der Waals surface area contributed by atoms with Crippen molar-refractivity contribution >= 4 is 116 Å². The molecule has 1 aliphatic carbocycles. The average Bonchev–Trinajstić information content (AvgIpc) is 0.772. The minimum Gasteiger partial charge on any atom is -0.481 e. The third-order valence-electron chi connectivity index (χ3n) is 19.6. The fraction of sp³-hybridized carbons (Fsp3) is 0.539. The quantitative estimate of drug-likeness (QED) is 0.0122. The summed E-state index contributed by atoms with van der Waals surface area (Å²) in [5, 5.41) is 97.6. The summed E-state index contributed by atoms with van der Waals surface area (Å²) in [6, 6.07) is 16.9. The molecule has 0 spiro atoms. The van der Waals surface area contributed by atoms with Crippen LogP contribution in [0.1, 0.15) is 107 Å². The Kier molecular flexibility index (Phi) is 38.8. The molecule has 0 aromatic heterocycles. The summed E-state index contributed by atoms with van der Waals surface area (Å²) in [6.45, 7) is -1.02. The number of fused-ring (bicyclic) bond motifs is 2. The second kappa shape index (κ2) is 48.4. The standard InChI is InChI=1S/C76H105N15O23/c92-62(19-9-11-49-23-27-54(28-24-49)91(113)114)80-44-65(95)83-58(16-5-7-29-77-63(93)42-81-66(96)45-87-31-33-88(46-68(99)100)35-37-90(48-70(103)104)38-36-89(34-32-87)47-69(101)102)72(106)82-43-64(94)79-41-50-21-25-51(26-22-50)71(105)84-61(40-57-55-14-3-1-12-52(55)39-53-13-2-4-15-56(53)57)73(107)78-30-8-6-17-59(74(108)109)85-76(112)86-60(75(110)111)18-10-20-67(97)98/h1-4,12-15,23-24,27-28,39,50-51,58-61H,5-11,16-22,25-26,29-38,40-48H2,(H,77,93)(H,78,107)(H,79,94)(H,80,92)(H,81,96)(H,82,106)(H,83,95)(H,84,105)(H,97,98)(H,99,100)(H,101,102)(H,103,104)(H,108,109)(H,110,111)(H2,85,86,112)/t50?,51?,58-,59-,60-,61-/m0/s1. The average molecular weight is 1600 g/mol. The van der Waals surface area contributed by atoms with Crippen molar-refractivity contribution in [3.63, 3.8) is 0 Å². The largest absolute Gasteiger partial charge is 0.481 e. The molecule has 622 valence electrons. The van der Waals surface area contributed by atoms with E-state index in [0.29, 0.717) is 38.5 Å². The SMILES string of the molecule is O=C(O)CCC[C@H](NC(=O)N[C@@H](CCCCNC(=O)[C@H](Cc1c2ccccc2cc2ccccc12)NC(=O)C1CCC(CNC(=O)CNC(=O)[C@H](CCCCNC(=O)CNC(=O)CN2CCN(CC(=O)O)CCN(CC(=O)O)CCN(CC(=O)O)CC2)NC(=O)CNC(=O)CCCc2ccc([N+](=O)[O-])cc2)CC1)C(=O)O)C(=O)O. The summed E-state index contributed by atoms with van der Waals surface area (Å²) < 4.78 is 0. The summed E-state index contributed by atoms with van der Waals surface area (Å²) in [6.07, 6.45) is 2.91. The highest BCUT2D eigenvalue weighted by Crippen LogP contribution is 2.32. The Labute approximate surface area is 657 Å². The number of nitro benzene ring substituents is 1. The number of aliphatic carboxylic acids is 6. The number of nitro groups is 1. The molecule has 4 aromatic carbocycles. The monoisotopic (exact) mass is 1600 g/mol. The molecule has 6 rings (SSSR count). The van der Waals surface area contributed by atoms with Crippen LogP contribution in [-0.4, -0.2) is 286 Å². The number of hydrogen-bond acceptors (Lipinski definition) is 21. The highest BCUT2D eigenvalue weighted by Gasteiger charge is 2.33. The van der Waals surface area contributed by atoms with E-state index < -0.39 is 138 Å². The van der Waals surface area contributed by atoms with Gasteiger partial charge in [0.15, 0.2) is 0 Å². The van der Waals surface area contributed by atoms with Crippen molar-refractivity contribution < 1.29 is 107 Å². The summed E-state index contributed by atoms with van der Waals surface area (Å²) in [5.41, 5.74) is 1.49. The molecular weight excluding hydrogens is 1490 g/mol. The fourth-order valence-corrected chi connectivity index (χ4v) is 13.4. The molecule has 0 unspecified atom stereocenters. The number of carboxylic acid groups (broad SMARTS) is 6. The number of non-ortho nitro benzene ring substituents is 1. The van der Waals surface area contributed by atoms with Gasteiger partial charge in [-0.3, -0.25) is 87.2 Å². The zero-order valence-corrected chi connectivity index (χ0v) is 63.6. The first kappa shape index (κ1) is 91.4. The Hall–Kier alpha value is -11.5. The van der Waals surface area contributed by atoms with E-state index in [1.54, 1.807) is 31.7 Å². The first-order valence-electron chi connectivity index (χ1n) is 38.1. The molecule has 1 heterocycles. The van der Waals surface area contributed by atoms with Gasteiger partial charge in [-0.05, 0) is 135 Å². The molecule has 10 amide bonds. The molecule has 0 bridgehead atoms. The van der Waals surface area contributed by atoms with Crippen LogP contribution < -0.4 is 53.2 Å². The normalized spacial score (nSPS) is 16.3. The second-order valence-electron chi connectivity index (χ2n) is 28.4. The number of carboxylic acids is 6. The zero-order chi connectivity index (χ0) is 83.1. The van der Waals surface area contributed by atoms with Crippen molar-refractivity contribution in [3.05, 3.63) is 100 Å². The van der Waals surface area contributed by atoms with Gasteiger partial charge < -0.3 is 83.8 Å². The van der Waals surface area contributed by atoms with Crippen molar-refractivity contribution in [2.24, 2.45) is 11.8 Å². The van der Waals surface area contributed by atoms with Gasteiger partial charge in [0, 0.05) is 109 Å². The first-order valence-corrected chi connectivity index (χ1v) is 38.1. The topological polar surface area (TPSA) is 554 Å². The van der Waals surface area contributed by atoms with Gasteiger partial charge in [0.05, 0.1) is 50.7 Å². The molecule has 4 aromatic rings. The maximum absolute atomic E-state index is 14.3. The van der Waals surface area contributed by atoms with Gasteiger partial charge in [-0.2, -0.15) is 0 Å². The molecular formula is C76H105N15O23. The van der Waals surface area contributed by atoms with Crippen LogP contribution in [-0.2, 0) is 80.0 Å². The maximum atomic E-state index is 14.3. The molecule has 4 atom stereocenters. The van der Waals surface area contributed by atoms with Crippen LogP contribution in [0.4, 0.5) is 10.5 Å². The number of amides is 10. The summed E-state index contributed by atoms with van der Waals surface area (Å²) in [5.74, 6) is -12.4. The van der Waals surface area contributed by atoms with Crippen molar-refractivity contribution in [2.45, 2.75) is 133 Å². The van der Waals surface area contributed by atoms with E-state index >= 15 is 0 Å². The van der Waals surface area contributed by atoms with E-state index in [4.69, 9.17) is 5.11 Å². The molecule has 38 nitrogen and oxygen atoms in total. The molecule has 2 aliphatic rings. The maximum Gasteiger partial charge on any atom is 0.326 e. The summed E-state index contributed by atoms with van der Waals surface area (Å²) >= 11 is 0. The Balaban J connectivity index is 0.996. The second-order valence-corrected chi connectivity index (χ2v) is 28.4. The van der Waals surface area contributed by atoms with Gasteiger partial charge in [-0.25, -0.2) is 14.4 Å². The van der Waals surface area contributed by atoms with Gasteiger partial charge in [-0.1, -0.05) is 60.7 Å². The predicted molar refractivity (Wildman–Crippen MR) is 411 cm³/mol. The van der Waals surface area contributed by atoms with Crippen LogP contribution in [0.25, 0.3) is 21.5 Å². The third-order valence-corrected chi connectivity index (χ3v) is 19.6. The van der Waals surface area contributed by atoms with E-state index in [0.717, 1.165) is 32.7 Å². The number of benzene rings is 4. The van der Waals surface area contributed by atoms with E-state index in [1.165, 1.54) is 12.1 Å².